The van der Waals surface area contributed by atoms with Crippen molar-refractivity contribution >= 4 is 5.97 Å². The molecule has 0 aliphatic rings. The summed E-state index contributed by atoms with van der Waals surface area (Å²) in [5.41, 5.74) is 6.18. The summed E-state index contributed by atoms with van der Waals surface area (Å²) in [7, 11) is 0. The van der Waals surface area contributed by atoms with Gasteiger partial charge in [-0.05, 0) is 31.0 Å². The number of carboxylic acid groups (broad SMARTS) is 1. The molecular formula is C10H13NO4. The third-order valence-electron chi connectivity index (χ3n) is 2.19. The second-order valence-corrected chi connectivity index (χ2v) is 3.41. The molecule has 5 nitrogen and oxygen atoms in total. The van der Waals surface area contributed by atoms with E-state index in [1.54, 1.807) is 6.92 Å². The molecule has 0 amide bonds. The summed E-state index contributed by atoms with van der Waals surface area (Å²) in [6, 6.07) is 1.77. The van der Waals surface area contributed by atoms with Gasteiger partial charge >= 0.3 is 5.97 Å². The predicted molar refractivity (Wildman–Crippen MR) is 53.8 cm³/mol. The first-order valence-electron chi connectivity index (χ1n) is 4.41. The van der Waals surface area contributed by atoms with E-state index in [4.69, 9.17) is 10.8 Å². The van der Waals surface area contributed by atoms with Crippen LogP contribution >= 0.6 is 0 Å². The molecule has 0 aliphatic heterocycles. The molecule has 5 heteroatoms. The van der Waals surface area contributed by atoms with Crippen LogP contribution < -0.4 is 5.73 Å². The van der Waals surface area contributed by atoms with Gasteiger partial charge in [-0.25, -0.2) is 0 Å². The number of hydrogen-bond donors (Lipinski definition) is 4. The Kier molecular flexibility index (Phi) is 3.16. The van der Waals surface area contributed by atoms with E-state index in [0.29, 0.717) is 11.1 Å². The minimum absolute atomic E-state index is 0.0662. The first kappa shape index (κ1) is 11.3. The number of nitrogens with two attached hydrogens (primary N) is 1. The molecule has 0 fully saturated rings. The summed E-state index contributed by atoms with van der Waals surface area (Å²) in [4.78, 5) is 10.5. The summed E-state index contributed by atoms with van der Waals surface area (Å²) in [5, 5.41) is 27.4. The standard InChI is InChI=1S/C10H13NO4/c1-5-8(12)3-6(4-9(5)13)2-7(11)10(14)15/h3-4,7,12-13H,2,11H2,1H3,(H,14,15). The number of aliphatic carboxylic acids is 1. The molecule has 5 N–H and O–H groups in total. The van der Waals surface area contributed by atoms with Gasteiger partial charge in [-0.2, -0.15) is 0 Å². The molecule has 0 saturated heterocycles. The SMILES string of the molecule is Cc1c(O)cc(CC(N)C(=O)O)cc1O. The molecule has 0 spiro atoms. The quantitative estimate of drug-likeness (QED) is 0.578. The average Bonchev–Trinajstić information content (AvgIpc) is 2.13. The van der Waals surface area contributed by atoms with E-state index in [9.17, 15) is 15.0 Å². The van der Waals surface area contributed by atoms with Gasteiger partial charge < -0.3 is 21.1 Å². The Morgan fingerprint density at radius 2 is 1.87 bits per heavy atom. The molecule has 1 aromatic rings. The lowest BCUT2D eigenvalue weighted by atomic mass is 10.0. The number of rotatable bonds is 3. The lowest BCUT2D eigenvalue weighted by molar-refractivity contribution is -0.138. The topological polar surface area (TPSA) is 104 Å². The van der Waals surface area contributed by atoms with Gasteiger partial charge in [0.1, 0.15) is 17.5 Å². The number of carbonyl (C=O) groups is 1. The highest BCUT2D eigenvalue weighted by Gasteiger charge is 2.14. The Morgan fingerprint density at radius 3 is 2.27 bits per heavy atom. The van der Waals surface area contributed by atoms with E-state index in [0.717, 1.165) is 0 Å². The first-order valence-corrected chi connectivity index (χ1v) is 4.41. The molecule has 0 radical (unpaired) electrons. The number of aromatic hydroxyl groups is 2. The van der Waals surface area contributed by atoms with Crippen LogP contribution in [0.4, 0.5) is 0 Å². The minimum Gasteiger partial charge on any atom is -0.508 e. The lowest BCUT2D eigenvalue weighted by Crippen LogP contribution is -2.32. The van der Waals surface area contributed by atoms with Crippen LogP contribution in [0.3, 0.4) is 0 Å². The highest BCUT2D eigenvalue weighted by Crippen LogP contribution is 2.27. The minimum atomic E-state index is -1.12. The lowest BCUT2D eigenvalue weighted by Gasteiger charge is -2.09. The van der Waals surface area contributed by atoms with E-state index in [1.165, 1.54) is 12.1 Å². The molecule has 0 aromatic heterocycles. The fourth-order valence-electron chi connectivity index (χ4n) is 1.20. The molecule has 15 heavy (non-hydrogen) atoms. The van der Waals surface area contributed by atoms with Gasteiger partial charge in [0.25, 0.3) is 0 Å². The Balaban J connectivity index is 2.92. The van der Waals surface area contributed by atoms with E-state index in [1.807, 2.05) is 0 Å². The highest BCUT2D eigenvalue weighted by molar-refractivity contribution is 5.73. The van der Waals surface area contributed by atoms with Gasteiger partial charge in [0.2, 0.25) is 0 Å². The van der Waals surface area contributed by atoms with Crippen molar-refractivity contribution in [1.82, 2.24) is 0 Å². The summed E-state index contributed by atoms with van der Waals surface area (Å²) < 4.78 is 0. The maximum absolute atomic E-state index is 10.5. The molecular weight excluding hydrogens is 198 g/mol. The third kappa shape index (κ3) is 2.60. The smallest absolute Gasteiger partial charge is 0.320 e. The molecule has 1 unspecified atom stereocenters. The Hall–Kier alpha value is -1.75. The zero-order chi connectivity index (χ0) is 11.6. The third-order valence-corrected chi connectivity index (χ3v) is 2.19. The van der Waals surface area contributed by atoms with E-state index >= 15 is 0 Å². The van der Waals surface area contributed by atoms with Gasteiger partial charge in [-0.3, -0.25) is 4.79 Å². The van der Waals surface area contributed by atoms with Crippen LogP contribution in [0.15, 0.2) is 12.1 Å². The average molecular weight is 211 g/mol. The first-order chi connectivity index (χ1) is 6.91. The van der Waals surface area contributed by atoms with Crippen LogP contribution in [-0.4, -0.2) is 27.3 Å². The van der Waals surface area contributed by atoms with Crippen molar-refractivity contribution in [2.45, 2.75) is 19.4 Å². The molecule has 1 aromatic carbocycles. The van der Waals surface area contributed by atoms with Crippen LogP contribution in [0.2, 0.25) is 0 Å². The van der Waals surface area contributed by atoms with Crippen molar-refractivity contribution < 1.29 is 20.1 Å². The van der Waals surface area contributed by atoms with Crippen LogP contribution in [0.1, 0.15) is 11.1 Å². The highest BCUT2D eigenvalue weighted by atomic mass is 16.4. The number of phenols is 2. The molecule has 0 aliphatic carbocycles. The zero-order valence-electron chi connectivity index (χ0n) is 8.27. The van der Waals surface area contributed by atoms with Crippen LogP contribution in [0.25, 0.3) is 0 Å². The number of phenolic OH excluding ortho intramolecular Hbond substituents is 2. The molecule has 0 saturated carbocycles. The normalized spacial score (nSPS) is 12.4. The maximum atomic E-state index is 10.5. The van der Waals surface area contributed by atoms with Gasteiger partial charge in [-0.15, -0.1) is 0 Å². The van der Waals surface area contributed by atoms with Crippen molar-refractivity contribution in [3.05, 3.63) is 23.3 Å². The van der Waals surface area contributed by atoms with Crippen molar-refractivity contribution in [3.8, 4) is 11.5 Å². The van der Waals surface area contributed by atoms with E-state index < -0.39 is 12.0 Å². The number of carboxylic acids is 1. The van der Waals surface area contributed by atoms with Crippen LogP contribution in [0, 0.1) is 6.92 Å². The zero-order valence-corrected chi connectivity index (χ0v) is 8.27. The van der Waals surface area contributed by atoms with Gasteiger partial charge in [-0.1, -0.05) is 0 Å². The van der Waals surface area contributed by atoms with Crippen molar-refractivity contribution in [2.24, 2.45) is 5.73 Å². The van der Waals surface area contributed by atoms with Crippen LogP contribution in [0.5, 0.6) is 11.5 Å². The number of benzene rings is 1. The molecule has 1 atom stereocenters. The Labute approximate surface area is 86.8 Å². The van der Waals surface area contributed by atoms with Gasteiger partial charge in [0, 0.05) is 5.56 Å². The molecule has 82 valence electrons. The second-order valence-electron chi connectivity index (χ2n) is 3.41. The molecule has 0 bridgehead atoms. The Morgan fingerprint density at radius 1 is 1.40 bits per heavy atom. The monoisotopic (exact) mass is 211 g/mol. The summed E-state index contributed by atoms with van der Waals surface area (Å²) >= 11 is 0. The van der Waals surface area contributed by atoms with E-state index in [-0.39, 0.29) is 17.9 Å². The largest absolute Gasteiger partial charge is 0.508 e. The fourth-order valence-corrected chi connectivity index (χ4v) is 1.20. The fraction of sp³-hybridized carbons (Fsp3) is 0.300. The summed E-state index contributed by atoms with van der Waals surface area (Å²) in [6.45, 7) is 1.56. The van der Waals surface area contributed by atoms with Gasteiger partial charge in [0.05, 0.1) is 0 Å². The van der Waals surface area contributed by atoms with Gasteiger partial charge in [0.15, 0.2) is 0 Å². The second kappa shape index (κ2) is 4.18. The Bertz CT molecular complexity index is 366. The van der Waals surface area contributed by atoms with Crippen molar-refractivity contribution in [2.75, 3.05) is 0 Å². The van der Waals surface area contributed by atoms with Crippen LogP contribution in [-0.2, 0) is 11.2 Å². The number of hydrogen-bond acceptors (Lipinski definition) is 4. The summed E-state index contributed by atoms with van der Waals surface area (Å²) in [5.74, 6) is -1.25. The van der Waals surface area contributed by atoms with Crippen molar-refractivity contribution in [3.63, 3.8) is 0 Å². The van der Waals surface area contributed by atoms with Crippen molar-refractivity contribution in [1.29, 1.82) is 0 Å². The maximum Gasteiger partial charge on any atom is 0.320 e. The van der Waals surface area contributed by atoms with E-state index in [2.05, 4.69) is 0 Å². The predicted octanol–water partition coefficient (Wildman–Crippen LogP) is 0.361. The molecule has 1 rings (SSSR count). The molecule has 0 heterocycles. The summed E-state index contributed by atoms with van der Waals surface area (Å²) in [6.07, 6.45) is 0.0662.